The van der Waals surface area contributed by atoms with Gasteiger partial charge in [0.25, 0.3) is 0 Å². The van der Waals surface area contributed by atoms with Crippen molar-refractivity contribution in [3.63, 3.8) is 0 Å². The summed E-state index contributed by atoms with van der Waals surface area (Å²) in [6, 6.07) is 0. The van der Waals surface area contributed by atoms with Gasteiger partial charge in [-0.2, -0.15) is 0 Å². The Kier molecular flexibility index (Phi) is 11.6. The molecule has 0 saturated heterocycles. The summed E-state index contributed by atoms with van der Waals surface area (Å²) < 4.78 is 0. The van der Waals surface area contributed by atoms with Gasteiger partial charge in [-0.3, -0.25) is 14.4 Å². The van der Waals surface area contributed by atoms with Gasteiger partial charge in [0.1, 0.15) is 5.78 Å². The second-order valence-corrected chi connectivity index (χ2v) is 7.27. The van der Waals surface area contributed by atoms with Crippen LogP contribution in [0.1, 0.15) is 84.0 Å². The minimum Gasteiger partial charge on any atom is -0.481 e. The maximum absolute atomic E-state index is 12.0. The zero-order chi connectivity index (χ0) is 19.2. The summed E-state index contributed by atoms with van der Waals surface area (Å²) in [6.07, 6.45) is 17.6. The van der Waals surface area contributed by atoms with Gasteiger partial charge in [-0.1, -0.05) is 50.8 Å². The molecular formula is C22H34O4. The Morgan fingerprint density at radius 3 is 2.54 bits per heavy atom. The van der Waals surface area contributed by atoms with Crippen molar-refractivity contribution in [2.24, 2.45) is 11.8 Å². The normalized spacial score (nSPS) is 19.5. The highest BCUT2D eigenvalue weighted by molar-refractivity contribution is 5.94. The summed E-state index contributed by atoms with van der Waals surface area (Å²) in [6.45, 7) is 2.18. The molecular weight excluding hydrogens is 328 g/mol. The molecule has 0 heterocycles. The molecule has 0 amide bonds. The number of carboxylic acid groups (broad SMARTS) is 1. The van der Waals surface area contributed by atoms with E-state index in [0.717, 1.165) is 25.7 Å². The monoisotopic (exact) mass is 362 g/mol. The number of unbranched alkanes of at least 4 members (excludes halogenated alkanes) is 5. The van der Waals surface area contributed by atoms with Crippen LogP contribution in [0.4, 0.5) is 0 Å². The Labute approximate surface area is 157 Å². The van der Waals surface area contributed by atoms with Crippen molar-refractivity contribution in [3.8, 4) is 0 Å². The SMILES string of the molecule is CCCCCCCC(=O)CCC1C=CC(=O)C1C/C=C/CCCC(=O)O. The molecule has 2 unspecified atom stereocenters. The van der Waals surface area contributed by atoms with Gasteiger partial charge in [-0.25, -0.2) is 0 Å². The number of allylic oxidation sites excluding steroid dienone is 4. The highest BCUT2D eigenvalue weighted by Gasteiger charge is 2.28. The number of carbonyl (C=O) groups excluding carboxylic acids is 2. The van der Waals surface area contributed by atoms with Gasteiger partial charge < -0.3 is 5.11 Å². The molecule has 0 saturated carbocycles. The third-order valence-electron chi connectivity index (χ3n) is 5.02. The van der Waals surface area contributed by atoms with Crippen molar-refractivity contribution in [2.75, 3.05) is 0 Å². The van der Waals surface area contributed by atoms with E-state index in [4.69, 9.17) is 5.11 Å². The van der Waals surface area contributed by atoms with E-state index in [0.29, 0.717) is 31.5 Å². The van der Waals surface area contributed by atoms with Crippen LogP contribution in [0.25, 0.3) is 0 Å². The molecule has 0 aliphatic heterocycles. The number of hydrogen-bond donors (Lipinski definition) is 1. The molecule has 0 fully saturated rings. The number of Topliss-reactive ketones (excluding diaryl/α,β-unsaturated/α-hetero) is 1. The van der Waals surface area contributed by atoms with E-state index in [1.165, 1.54) is 19.3 Å². The first-order valence-electron chi connectivity index (χ1n) is 10.1. The lowest BCUT2D eigenvalue weighted by Gasteiger charge is -2.16. The molecule has 0 spiro atoms. The summed E-state index contributed by atoms with van der Waals surface area (Å²) >= 11 is 0. The largest absolute Gasteiger partial charge is 0.481 e. The Balaban J connectivity index is 2.24. The van der Waals surface area contributed by atoms with Gasteiger partial charge in [-0.15, -0.1) is 0 Å². The van der Waals surface area contributed by atoms with Gasteiger partial charge in [0.15, 0.2) is 5.78 Å². The predicted molar refractivity (Wildman–Crippen MR) is 104 cm³/mol. The topological polar surface area (TPSA) is 71.4 Å². The predicted octanol–water partition coefficient (Wildman–Crippen LogP) is 5.27. The van der Waals surface area contributed by atoms with Gasteiger partial charge in [0.2, 0.25) is 0 Å². The van der Waals surface area contributed by atoms with Crippen molar-refractivity contribution in [1.82, 2.24) is 0 Å². The maximum Gasteiger partial charge on any atom is 0.303 e. The van der Waals surface area contributed by atoms with Gasteiger partial charge in [0.05, 0.1) is 0 Å². The molecule has 0 radical (unpaired) electrons. The molecule has 1 aliphatic rings. The fourth-order valence-corrected chi connectivity index (χ4v) is 3.39. The molecule has 4 heteroatoms. The third-order valence-corrected chi connectivity index (χ3v) is 5.02. The van der Waals surface area contributed by atoms with E-state index in [9.17, 15) is 14.4 Å². The lowest BCUT2D eigenvalue weighted by Crippen LogP contribution is -2.16. The Morgan fingerprint density at radius 2 is 1.81 bits per heavy atom. The van der Waals surface area contributed by atoms with Crippen LogP contribution in [-0.2, 0) is 14.4 Å². The molecule has 0 aromatic heterocycles. The summed E-state index contributed by atoms with van der Waals surface area (Å²) in [7, 11) is 0. The van der Waals surface area contributed by atoms with Crippen LogP contribution in [0, 0.1) is 11.8 Å². The molecule has 2 atom stereocenters. The number of carbonyl (C=O) groups is 3. The summed E-state index contributed by atoms with van der Waals surface area (Å²) in [5, 5.41) is 8.60. The first-order valence-corrected chi connectivity index (χ1v) is 10.1. The Hall–Kier alpha value is -1.71. The number of carboxylic acids is 1. The van der Waals surface area contributed by atoms with E-state index in [1.807, 2.05) is 18.2 Å². The smallest absolute Gasteiger partial charge is 0.303 e. The van der Waals surface area contributed by atoms with E-state index in [-0.39, 0.29) is 24.0 Å². The maximum atomic E-state index is 12.0. The van der Waals surface area contributed by atoms with Crippen LogP contribution in [0.2, 0.25) is 0 Å². The molecule has 1 rings (SSSR count). The highest BCUT2D eigenvalue weighted by Crippen LogP contribution is 2.30. The third kappa shape index (κ3) is 9.69. The highest BCUT2D eigenvalue weighted by atomic mass is 16.4. The van der Waals surface area contributed by atoms with Crippen LogP contribution in [0.3, 0.4) is 0 Å². The molecule has 1 N–H and O–H groups in total. The first-order chi connectivity index (χ1) is 12.5. The van der Waals surface area contributed by atoms with Crippen LogP contribution in [0.5, 0.6) is 0 Å². The molecule has 26 heavy (non-hydrogen) atoms. The van der Waals surface area contributed by atoms with Gasteiger partial charge >= 0.3 is 5.97 Å². The lowest BCUT2D eigenvalue weighted by atomic mass is 9.87. The second kappa shape index (κ2) is 13.5. The minimum absolute atomic E-state index is 0.0527. The van der Waals surface area contributed by atoms with E-state index < -0.39 is 5.97 Å². The van der Waals surface area contributed by atoms with E-state index >= 15 is 0 Å². The van der Waals surface area contributed by atoms with Crippen molar-refractivity contribution in [3.05, 3.63) is 24.3 Å². The van der Waals surface area contributed by atoms with Crippen molar-refractivity contribution >= 4 is 17.5 Å². The lowest BCUT2D eigenvalue weighted by molar-refractivity contribution is -0.137. The van der Waals surface area contributed by atoms with E-state index in [1.54, 1.807) is 6.08 Å². The van der Waals surface area contributed by atoms with Crippen molar-refractivity contribution in [2.45, 2.75) is 84.0 Å². The quantitative estimate of drug-likeness (QED) is 0.318. The molecule has 0 aromatic rings. The standard InChI is InChI=1S/C22H34O4/c1-2-3-4-5-8-11-19(23)16-14-18-15-17-21(24)20(18)12-9-6-7-10-13-22(25)26/h6,9,15,17-18,20H,2-5,7-8,10-14,16H2,1H3,(H,25,26)/b9-6+. The molecule has 4 nitrogen and oxygen atoms in total. The number of rotatable bonds is 15. The van der Waals surface area contributed by atoms with Crippen LogP contribution in [0.15, 0.2) is 24.3 Å². The minimum atomic E-state index is -0.774. The zero-order valence-electron chi connectivity index (χ0n) is 16.1. The van der Waals surface area contributed by atoms with Crippen LogP contribution < -0.4 is 0 Å². The second-order valence-electron chi connectivity index (χ2n) is 7.27. The zero-order valence-corrected chi connectivity index (χ0v) is 16.1. The van der Waals surface area contributed by atoms with Gasteiger partial charge in [-0.05, 0) is 44.1 Å². The molecule has 1 aliphatic carbocycles. The molecule has 0 bridgehead atoms. The van der Waals surface area contributed by atoms with Crippen molar-refractivity contribution < 1.29 is 19.5 Å². The average molecular weight is 363 g/mol. The number of ketones is 2. The summed E-state index contributed by atoms with van der Waals surface area (Å²) in [4.78, 5) is 34.5. The van der Waals surface area contributed by atoms with Crippen molar-refractivity contribution in [1.29, 1.82) is 0 Å². The first kappa shape index (κ1) is 22.3. The number of hydrogen-bond acceptors (Lipinski definition) is 3. The van der Waals surface area contributed by atoms with Crippen LogP contribution >= 0.6 is 0 Å². The van der Waals surface area contributed by atoms with Crippen LogP contribution in [-0.4, -0.2) is 22.6 Å². The fraction of sp³-hybridized carbons (Fsp3) is 0.682. The summed E-state index contributed by atoms with van der Waals surface area (Å²) in [5.74, 6) is -0.198. The summed E-state index contributed by atoms with van der Waals surface area (Å²) in [5.41, 5.74) is 0. The fourth-order valence-electron chi connectivity index (χ4n) is 3.39. The van der Waals surface area contributed by atoms with Gasteiger partial charge in [0, 0.05) is 25.2 Å². The number of aliphatic carboxylic acids is 1. The molecule has 0 aromatic carbocycles. The van der Waals surface area contributed by atoms with E-state index in [2.05, 4.69) is 6.92 Å². The Bertz CT molecular complexity index is 504. The Morgan fingerprint density at radius 1 is 1.04 bits per heavy atom. The average Bonchev–Trinajstić information content (AvgIpc) is 2.95. The molecule has 146 valence electrons.